The Balaban J connectivity index is 2.66. The summed E-state index contributed by atoms with van der Waals surface area (Å²) >= 11 is 0. The lowest BCUT2D eigenvalue weighted by Gasteiger charge is -2.16. The Morgan fingerprint density at radius 2 is 2.24 bits per heavy atom. The molecule has 1 atom stereocenters. The summed E-state index contributed by atoms with van der Waals surface area (Å²) in [7, 11) is 0. The summed E-state index contributed by atoms with van der Waals surface area (Å²) in [6.45, 7) is 3.78. The van der Waals surface area contributed by atoms with Crippen molar-refractivity contribution in [3.63, 3.8) is 0 Å². The van der Waals surface area contributed by atoms with Crippen molar-refractivity contribution in [2.75, 3.05) is 18.5 Å². The Kier molecular flexibility index (Phi) is 6.50. The second kappa shape index (κ2) is 8.12. The van der Waals surface area contributed by atoms with Gasteiger partial charge in [-0.05, 0) is 18.1 Å². The number of carbonyl (C=O) groups excluding carboxylic acids is 1. The van der Waals surface area contributed by atoms with Crippen LogP contribution in [0, 0.1) is 24.1 Å². The maximum Gasteiger partial charge on any atom is 0.319 e. The van der Waals surface area contributed by atoms with Crippen molar-refractivity contribution in [3.8, 4) is 18.1 Å². The van der Waals surface area contributed by atoms with E-state index in [1.165, 1.54) is 12.1 Å². The molecule has 0 aliphatic heterocycles. The monoisotopic (exact) mass is 294 g/mol. The molecule has 1 aromatic carbocycles. The van der Waals surface area contributed by atoms with Crippen LogP contribution in [0.15, 0.2) is 18.2 Å². The van der Waals surface area contributed by atoms with Crippen LogP contribution in [0.25, 0.3) is 0 Å². The summed E-state index contributed by atoms with van der Waals surface area (Å²) in [6.07, 6.45) is 4.44. The highest BCUT2D eigenvalue weighted by atomic mass is 19.1. The fourth-order valence-electron chi connectivity index (χ4n) is 1.44. The molecule has 0 saturated heterocycles. The topological polar surface area (TPSA) is 70.6 Å². The van der Waals surface area contributed by atoms with Crippen LogP contribution in [0.1, 0.15) is 13.8 Å². The maximum absolute atomic E-state index is 13.2. The number of rotatable bonds is 6. The van der Waals surface area contributed by atoms with Gasteiger partial charge in [0, 0.05) is 12.6 Å². The van der Waals surface area contributed by atoms with Crippen LogP contribution in [0.2, 0.25) is 0 Å². The zero-order valence-electron chi connectivity index (χ0n) is 12.0. The number of carbonyl (C=O) groups is 1. The van der Waals surface area contributed by atoms with Crippen molar-refractivity contribution in [1.82, 2.24) is 5.32 Å². The van der Waals surface area contributed by atoms with Crippen molar-refractivity contribution in [3.05, 3.63) is 24.0 Å². The summed E-state index contributed by atoms with van der Waals surface area (Å²) in [5.74, 6) is 2.07. The molecule has 114 valence electrons. The second-order valence-corrected chi connectivity index (χ2v) is 4.78. The van der Waals surface area contributed by atoms with Crippen LogP contribution < -0.4 is 15.4 Å². The van der Waals surface area contributed by atoms with Crippen LogP contribution in [-0.2, 0) is 0 Å². The predicted molar refractivity (Wildman–Crippen MR) is 78.6 cm³/mol. The Labute approximate surface area is 123 Å². The SMILES string of the molecule is C#CCOc1ccc(F)cc1NC(=O)NC[C@@H](O)C(C)C. The van der Waals surface area contributed by atoms with E-state index in [4.69, 9.17) is 11.2 Å². The van der Waals surface area contributed by atoms with Crippen molar-refractivity contribution in [2.24, 2.45) is 5.92 Å². The maximum atomic E-state index is 13.2. The van der Waals surface area contributed by atoms with Gasteiger partial charge in [-0.3, -0.25) is 0 Å². The van der Waals surface area contributed by atoms with E-state index < -0.39 is 18.0 Å². The standard InChI is InChI=1S/C15H19FN2O3/c1-4-7-21-14-6-5-11(16)8-12(14)18-15(20)17-9-13(19)10(2)3/h1,5-6,8,10,13,19H,7,9H2,2-3H3,(H2,17,18,20)/t13-/m1/s1. The van der Waals surface area contributed by atoms with E-state index in [2.05, 4.69) is 16.6 Å². The molecule has 21 heavy (non-hydrogen) atoms. The van der Waals surface area contributed by atoms with Crippen molar-refractivity contribution >= 4 is 11.7 Å². The Morgan fingerprint density at radius 1 is 1.52 bits per heavy atom. The summed E-state index contributed by atoms with van der Waals surface area (Å²) in [6, 6.07) is 3.15. The first-order chi connectivity index (χ1) is 9.93. The third-order valence-electron chi connectivity index (χ3n) is 2.74. The normalized spacial score (nSPS) is 11.6. The molecule has 5 nitrogen and oxygen atoms in total. The zero-order chi connectivity index (χ0) is 15.8. The van der Waals surface area contributed by atoms with Crippen LogP contribution in [0.4, 0.5) is 14.9 Å². The summed E-state index contributed by atoms with van der Waals surface area (Å²) in [4.78, 5) is 11.7. The number of ether oxygens (including phenoxy) is 1. The summed E-state index contributed by atoms with van der Waals surface area (Å²) in [5, 5.41) is 14.6. The van der Waals surface area contributed by atoms with Gasteiger partial charge in [0.15, 0.2) is 0 Å². The minimum absolute atomic E-state index is 0.00793. The van der Waals surface area contributed by atoms with E-state index in [1.54, 1.807) is 0 Å². The molecule has 0 bridgehead atoms. The molecule has 0 unspecified atom stereocenters. The average molecular weight is 294 g/mol. The largest absolute Gasteiger partial charge is 0.479 e. The van der Waals surface area contributed by atoms with Crippen LogP contribution in [0.5, 0.6) is 5.75 Å². The van der Waals surface area contributed by atoms with Gasteiger partial charge < -0.3 is 20.5 Å². The van der Waals surface area contributed by atoms with Gasteiger partial charge in [0.05, 0.1) is 11.8 Å². The number of nitrogens with one attached hydrogen (secondary N) is 2. The zero-order valence-corrected chi connectivity index (χ0v) is 12.0. The lowest BCUT2D eigenvalue weighted by atomic mass is 10.1. The van der Waals surface area contributed by atoms with Gasteiger partial charge in [0.25, 0.3) is 0 Å². The first-order valence-electron chi connectivity index (χ1n) is 6.52. The van der Waals surface area contributed by atoms with Crippen LogP contribution in [0.3, 0.4) is 0 Å². The third kappa shape index (κ3) is 5.71. The summed E-state index contributed by atoms with van der Waals surface area (Å²) in [5.41, 5.74) is 0.168. The molecule has 0 heterocycles. The van der Waals surface area contributed by atoms with E-state index in [0.29, 0.717) is 0 Å². The smallest absolute Gasteiger partial charge is 0.319 e. The number of anilines is 1. The van der Waals surface area contributed by atoms with Crippen LogP contribution >= 0.6 is 0 Å². The summed E-state index contributed by atoms with van der Waals surface area (Å²) < 4.78 is 18.4. The number of aliphatic hydroxyl groups excluding tert-OH is 1. The number of hydrogen-bond acceptors (Lipinski definition) is 3. The highest BCUT2D eigenvalue weighted by Crippen LogP contribution is 2.25. The number of aliphatic hydroxyl groups is 1. The molecule has 1 aromatic rings. The molecule has 0 fully saturated rings. The van der Waals surface area contributed by atoms with Gasteiger partial charge in [0.2, 0.25) is 0 Å². The molecular weight excluding hydrogens is 275 g/mol. The van der Waals surface area contributed by atoms with E-state index in [9.17, 15) is 14.3 Å². The van der Waals surface area contributed by atoms with Gasteiger partial charge in [0.1, 0.15) is 18.2 Å². The van der Waals surface area contributed by atoms with Gasteiger partial charge >= 0.3 is 6.03 Å². The average Bonchev–Trinajstić information content (AvgIpc) is 2.43. The number of hydrogen-bond donors (Lipinski definition) is 3. The molecular formula is C15H19FN2O3. The molecule has 0 aromatic heterocycles. The van der Waals surface area contributed by atoms with Crippen molar-refractivity contribution < 1.29 is 19.0 Å². The molecule has 6 heteroatoms. The molecule has 2 amide bonds. The predicted octanol–water partition coefficient (Wildman–Crippen LogP) is 1.98. The molecule has 1 rings (SSSR count). The molecule has 0 spiro atoms. The highest BCUT2D eigenvalue weighted by molar-refractivity contribution is 5.90. The molecule has 0 radical (unpaired) electrons. The minimum atomic E-state index is -0.652. The second-order valence-electron chi connectivity index (χ2n) is 4.78. The van der Waals surface area contributed by atoms with Gasteiger partial charge in [-0.1, -0.05) is 19.8 Å². The van der Waals surface area contributed by atoms with Gasteiger partial charge in [-0.2, -0.15) is 0 Å². The van der Waals surface area contributed by atoms with Crippen LogP contribution in [-0.4, -0.2) is 30.4 Å². The Bertz CT molecular complexity index is 526. The van der Waals surface area contributed by atoms with Crippen molar-refractivity contribution in [2.45, 2.75) is 20.0 Å². The number of amides is 2. The minimum Gasteiger partial charge on any atom is -0.479 e. The van der Waals surface area contributed by atoms with E-state index in [0.717, 1.165) is 6.07 Å². The molecule has 3 N–H and O–H groups in total. The number of benzene rings is 1. The molecule has 0 aliphatic carbocycles. The Morgan fingerprint density at radius 3 is 2.86 bits per heavy atom. The van der Waals surface area contributed by atoms with Gasteiger partial charge in [-0.15, -0.1) is 6.42 Å². The van der Waals surface area contributed by atoms with Gasteiger partial charge in [-0.25, -0.2) is 9.18 Å². The van der Waals surface area contributed by atoms with E-state index >= 15 is 0 Å². The lowest BCUT2D eigenvalue weighted by Crippen LogP contribution is -2.37. The third-order valence-corrected chi connectivity index (χ3v) is 2.74. The number of halogens is 1. The first-order valence-corrected chi connectivity index (χ1v) is 6.52. The quantitative estimate of drug-likeness (QED) is 0.703. The fourth-order valence-corrected chi connectivity index (χ4v) is 1.44. The fraction of sp³-hybridized carbons (Fsp3) is 0.400. The van der Waals surface area contributed by atoms with E-state index in [-0.39, 0.29) is 30.5 Å². The number of terminal acetylenes is 1. The highest BCUT2D eigenvalue weighted by Gasteiger charge is 2.12. The number of urea groups is 1. The van der Waals surface area contributed by atoms with Crippen molar-refractivity contribution in [1.29, 1.82) is 0 Å². The molecule has 0 saturated carbocycles. The molecule has 0 aliphatic rings. The first kappa shape index (κ1) is 16.8. The lowest BCUT2D eigenvalue weighted by molar-refractivity contribution is 0.126. The van der Waals surface area contributed by atoms with E-state index in [1.807, 2.05) is 13.8 Å². The Hall–Kier alpha value is -2.26.